The molecule has 0 radical (unpaired) electrons. The third kappa shape index (κ3) is 3.02. The molecule has 7 nitrogen and oxygen atoms in total. The van der Waals surface area contributed by atoms with Crippen LogP contribution in [0.3, 0.4) is 0 Å². The Kier molecular flexibility index (Phi) is 5.36. The molecule has 2 N–H and O–H groups in total. The quantitative estimate of drug-likeness (QED) is 0.631. The van der Waals surface area contributed by atoms with Crippen LogP contribution >= 0.6 is 11.8 Å². The van der Waals surface area contributed by atoms with Gasteiger partial charge >= 0.3 is 5.97 Å². The van der Waals surface area contributed by atoms with Crippen molar-refractivity contribution in [3.63, 3.8) is 0 Å². The van der Waals surface area contributed by atoms with Crippen molar-refractivity contribution >= 4 is 29.5 Å². The van der Waals surface area contributed by atoms with Gasteiger partial charge in [0.05, 0.1) is 29.2 Å². The molecule has 8 heteroatoms. The maximum absolute atomic E-state index is 13.9. The zero-order valence-corrected chi connectivity index (χ0v) is 18.7. The summed E-state index contributed by atoms with van der Waals surface area (Å²) in [5.41, 5.74) is -0.492. The second-order valence-electron chi connectivity index (χ2n) is 9.75. The molecule has 29 heavy (non-hydrogen) atoms. The lowest BCUT2D eigenvalue weighted by Crippen LogP contribution is -2.60. The predicted octanol–water partition coefficient (Wildman–Crippen LogP) is 1.75. The summed E-state index contributed by atoms with van der Waals surface area (Å²) in [4.78, 5) is 42.8. The van der Waals surface area contributed by atoms with Crippen molar-refractivity contribution in [2.24, 2.45) is 11.8 Å². The molecule has 0 aliphatic carbocycles. The molecule has 0 aromatic rings. The number of aliphatic hydroxyl groups excluding tert-OH is 1. The molecule has 3 fully saturated rings. The normalized spacial score (nSPS) is 36.8. The Balaban J connectivity index is 2.15. The first-order chi connectivity index (χ1) is 13.4. The van der Waals surface area contributed by atoms with E-state index in [0.29, 0.717) is 19.4 Å². The first kappa shape index (κ1) is 22.2. The van der Waals surface area contributed by atoms with Crippen LogP contribution < -0.4 is 0 Å². The average Bonchev–Trinajstić information content (AvgIpc) is 3.18. The van der Waals surface area contributed by atoms with E-state index in [1.807, 2.05) is 27.7 Å². The molecule has 3 saturated heterocycles. The zero-order chi connectivity index (χ0) is 21.9. The molecule has 1 spiro atoms. The summed E-state index contributed by atoms with van der Waals surface area (Å²) in [6.07, 6.45) is 2.93. The van der Waals surface area contributed by atoms with Crippen LogP contribution in [0.4, 0.5) is 0 Å². The number of hydrogen-bond donors (Lipinski definition) is 2. The number of fused-ring (bicyclic) bond motifs is 1. The highest BCUT2D eigenvalue weighted by Gasteiger charge is 2.78. The van der Waals surface area contributed by atoms with Crippen LogP contribution in [-0.2, 0) is 14.4 Å². The van der Waals surface area contributed by atoms with Gasteiger partial charge in [0, 0.05) is 16.8 Å². The predicted molar refractivity (Wildman–Crippen MR) is 111 cm³/mol. The summed E-state index contributed by atoms with van der Waals surface area (Å²) < 4.78 is -1.34. The molecular formula is C21H32N2O5S. The number of carboxylic acids is 1. The average molecular weight is 425 g/mol. The van der Waals surface area contributed by atoms with Crippen LogP contribution in [0.5, 0.6) is 0 Å². The lowest BCUT2D eigenvalue weighted by atomic mass is 9.66. The van der Waals surface area contributed by atoms with E-state index in [1.54, 1.807) is 17.9 Å². The van der Waals surface area contributed by atoms with Crippen molar-refractivity contribution in [1.29, 1.82) is 0 Å². The largest absolute Gasteiger partial charge is 0.481 e. The standard InChI is InChI=1S/C21H32N2O5S/c1-7-10-22(19(3,4)5)17(26)15-21-9-8-20(6,29-21)14(18(27)28)13(21)16(25)23(15)12(2)11-24/h7,12-15,24H,1,8-11H2,2-6H3,(H,27,28)/t12-,13+,14+,15?,20-,21?/m1/s1. The van der Waals surface area contributed by atoms with Gasteiger partial charge in [-0.1, -0.05) is 6.08 Å². The smallest absolute Gasteiger partial charge is 0.308 e. The molecule has 162 valence electrons. The Morgan fingerprint density at radius 1 is 1.41 bits per heavy atom. The number of hydrogen-bond acceptors (Lipinski definition) is 5. The molecule has 3 heterocycles. The molecule has 0 aromatic heterocycles. The third-order valence-corrected chi connectivity index (χ3v) is 8.83. The molecule has 2 amide bonds. The number of carbonyl (C=O) groups is 3. The van der Waals surface area contributed by atoms with E-state index in [2.05, 4.69) is 6.58 Å². The number of rotatable bonds is 6. The minimum absolute atomic E-state index is 0.198. The molecule has 6 atom stereocenters. The van der Waals surface area contributed by atoms with Crippen molar-refractivity contribution in [3.05, 3.63) is 12.7 Å². The van der Waals surface area contributed by atoms with E-state index < -0.39 is 44.9 Å². The highest BCUT2D eigenvalue weighted by atomic mass is 32.2. The summed E-state index contributed by atoms with van der Waals surface area (Å²) in [5.74, 6) is -3.08. The molecule has 0 saturated carbocycles. The van der Waals surface area contributed by atoms with E-state index in [4.69, 9.17) is 0 Å². The van der Waals surface area contributed by atoms with Crippen molar-refractivity contribution in [2.75, 3.05) is 13.2 Å². The van der Waals surface area contributed by atoms with Crippen LogP contribution in [0.2, 0.25) is 0 Å². The van der Waals surface area contributed by atoms with Gasteiger partial charge in [-0.05, 0) is 47.5 Å². The van der Waals surface area contributed by atoms with Gasteiger partial charge in [-0.3, -0.25) is 14.4 Å². The van der Waals surface area contributed by atoms with Crippen LogP contribution in [0, 0.1) is 11.8 Å². The summed E-state index contributed by atoms with van der Waals surface area (Å²) in [5, 5.41) is 19.8. The maximum atomic E-state index is 13.9. The topological polar surface area (TPSA) is 98.2 Å². The van der Waals surface area contributed by atoms with Crippen molar-refractivity contribution in [2.45, 2.75) is 74.6 Å². The number of carboxylic acid groups (broad SMARTS) is 1. The lowest BCUT2D eigenvalue weighted by molar-refractivity contribution is -0.151. The van der Waals surface area contributed by atoms with Crippen molar-refractivity contribution in [1.82, 2.24) is 9.80 Å². The minimum atomic E-state index is -0.983. The minimum Gasteiger partial charge on any atom is -0.481 e. The highest BCUT2D eigenvalue weighted by Crippen LogP contribution is 2.71. The summed E-state index contributed by atoms with van der Waals surface area (Å²) >= 11 is 1.51. The number of likely N-dealkylation sites (tertiary alicyclic amines) is 1. The number of nitrogens with zero attached hydrogens (tertiary/aromatic N) is 2. The fourth-order valence-corrected chi connectivity index (χ4v) is 7.88. The van der Waals surface area contributed by atoms with Gasteiger partial charge in [0.1, 0.15) is 6.04 Å². The van der Waals surface area contributed by atoms with E-state index in [9.17, 15) is 24.6 Å². The Morgan fingerprint density at radius 2 is 2.03 bits per heavy atom. The van der Waals surface area contributed by atoms with Crippen LogP contribution in [0.1, 0.15) is 47.5 Å². The van der Waals surface area contributed by atoms with E-state index >= 15 is 0 Å². The molecule has 2 bridgehead atoms. The summed E-state index contributed by atoms with van der Waals surface area (Å²) in [6, 6.07) is -1.36. The van der Waals surface area contributed by atoms with Gasteiger partial charge in [0.2, 0.25) is 11.8 Å². The zero-order valence-electron chi connectivity index (χ0n) is 17.8. The Hall–Kier alpha value is -1.54. The number of carbonyl (C=O) groups excluding carboxylic acids is 2. The Morgan fingerprint density at radius 3 is 2.52 bits per heavy atom. The van der Waals surface area contributed by atoms with Crippen LogP contribution in [0.15, 0.2) is 12.7 Å². The third-order valence-electron chi connectivity index (χ3n) is 6.84. The molecular weight excluding hydrogens is 392 g/mol. The second kappa shape index (κ2) is 7.01. The molecule has 3 aliphatic heterocycles. The molecule has 3 rings (SSSR count). The van der Waals surface area contributed by atoms with E-state index in [0.717, 1.165) is 0 Å². The van der Waals surface area contributed by atoms with E-state index in [1.165, 1.54) is 16.7 Å². The van der Waals surface area contributed by atoms with Crippen LogP contribution in [-0.4, -0.2) is 78.1 Å². The molecule has 0 aromatic carbocycles. The Labute approximate surface area is 176 Å². The highest BCUT2D eigenvalue weighted by molar-refractivity contribution is 8.02. The lowest BCUT2D eigenvalue weighted by Gasteiger charge is -2.43. The number of thioether (sulfide) groups is 1. The fourth-order valence-electron chi connectivity index (χ4n) is 5.55. The van der Waals surface area contributed by atoms with Gasteiger partial charge in [-0.15, -0.1) is 18.3 Å². The number of amides is 2. The molecule has 2 unspecified atom stereocenters. The molecule has 3 aliphatic rings. The monoisotopic (exact) mass is 424 g/mol. The van der Waals surface area contributed by atoms with Gasteiger partial charge in [0.15, 0.2) is 0 Å². The van der Waals surface area contributed by atoms with E-state index in [-0.39, 0.29) is 18.4 Å². The first-order valence-electron chi connectivity index (χ1n) is 10.1. The second-order valence-corrected chi connectivity index (χ2v) is 11.6. The Bertz CT molecular complexity index is 750. The first-order valence-corrected chi connectivity index (χ1v) is 11.0. The van der Waals surface area contributed by atoms with Gasteiger partial charge in [-0.25, -0.2) is 0 Å². The summed E-state index contributed by atoms with van der Waals surface area (Å²) in [7, 11) is 0. The SMILES string of the molecule is C=CCN(C(=O)C1N([C@H](C)CO)C(=O)[C@@H]2[C@@H](C(=O)O)[C@@]3(C)CCC12S3)C(C)(C)C. The summed E-state index contributed by atoms with van der Waals surface area (Å²) in [6.45, 7) is 13.2. The fraction of sp³-hybridized carbons (Fsp3) is 0.762. The van der Waals surface area contributed by atoms with Crippen LogP contribution in [0.25, 0.3) is 0 Å². The van der Waals surface area contributed by atoms with Gasteiger partial charge in [0.25, 0.3) is 0 Å². The number of aliphatic carboxylic acids is 1. The van der Waals surface area contributed by atoms with Gasteiger partial charge < -0.3 is 20.0 Å². The van der Waals surface area contributed by atoms with Crippen molar-refractivity contribution in [3.8, 4) is 0 Å². The van der Waals surface area contributed by atoms with Gasteiger partial charge in [-0.2, -0.15) is 0 Å². The maximum Gasteiger partial charge on any atom is 0.308 e. The number of aliphatic hydroxyl groups is 1. The van der Waals surface area contributed by atoms with Crippen molar-refractivity contribution < 1.29 is 24.6 Å².